The summed E-state index contributed by atoms with van der Waals surface area (Å²) in [6, 6.07) is 5.98. The average Bonchev–Trinajstić information content (AvgIpc) is 2.99. The Morgan fingerprint density at radius 1 is 1.03 bits per heavy atom. The predicted molar refractivity (Wildman–Crippen MR) is 123 cm³/mol. The Labute approximate surface area is 183 Å². The summed E-state index contributed by atoms with van der Waals surface area (Å²) in [7, 11) is 1.69. The summed E-state index contributed by atoms with van der Waals surface area (Å²) in [4.78, 5) is 2.31. The van der Waals surface area contributed by atoms with E-state index in [0.717, 1.165) is 63.9 Å². The molecule has 0 saturated carbocycles. The van der Waals surface area contributed by atoms with Gasteiger partial charge in [0.2, 0.25) is 0 Å². The minimum absolute atomic E-state index is 0.150. The second-order valence-electron chi connectivity index (χ2n) is 8.29. The van der Waals surface area contributed by atoms with Crippen molar-refractivity contribution in [2.24, 2.45) is 0 Å². The maximum atomic E-state index is 5.94. The highest BCUT2D eigenvalue weighted by atomic mass is 16.5. The van der Waals surface area contributed by atoms with Gasteiger partial charge in [-0.2, -0.15) is 5.10 Å². The standard InChI is InChI=1S/C24H32N4O3/c1-8-30-19-9-10-20(21(11-19)29-7)28-17(5)22-16(4)25-26-24(23(22)18(28)6)27-12-14(2)31-15(3)13-27/h9-11,14-15H,8,12-13H2,1-7H3/t14-,15+. The summed E-state index contributed by atoms with van der Waals surface area (Å²) < 4.78 is 19.6. The summed E-state index contributed by atoms with van der Waals surface area (Å²) in [6.45, 7) is 14.7. The first kappa shape index (κ1) is 21.4. The summed E-state index contributed by atoms with van der Waals surface area (Å²) in [5, 5.41) is 11.5. The monoisotopic (exact) mass is 424 g/mol. The third kappa shape index (κ3) is 3.71. The molecule has 4 rings (SSSR count). The number of nitrogens with zero attached hydrogens (tertiary/aromatic N) is 4. The van der Waals surface area contributed by atoms with Crippen LogP contribution in [0.1, 0.15) is 37.9 Å². The Hall–Kier alpha value is -2.80. The van der Waals surface area contributed by atoms with E-state index in [1.54, 1.807) is 7.11 Å². The molecule has 3 heterocycles. The number of morpholine rings is 1. The molecule has 31 heavy (non-hydrogen) atoms. The minimum atomic E-state index is 0.150. The van der Waals surface area contributed by atoms with Gasteiger partial charge in [0.1, 0.15) is 11.5 Å². The lowest BCUT2D eigenvalue weighted by Crippen LogP contribution is -2.46. The van der Waals surface area contributed by atoms with Gasteiger partial charge in [-0.15, -0.1) is 5.10 Å². The van der Waals surface area contributed by atoms with E-state index >= 15 is 0 Å². The lowest BCUT2D eigenvalue weighted by atomic mass is 10.1. The van der Waals surface area contributed by atoms with Crippen molar-refractivity contribution in [2.45, 2.75) is 53.8 Å². The number of anilines is 1. The van der Waals surface area contributed by atoms with Gasteiger partial charge in [0, 0.05) is 41.3 Å². The molecule has 166 valence electrons. The van der Waals surface area contributed by atoms with E-state index in [1.807, 2.05) is 26.0 Å². The quantitative estimate of drug-likeness (QED) is 0.606. The van der Waals surface area contributed by atoms with E-state index in [4.69, 9.17) is 14.2 Å². The van der Waals surface area contributed by atoms with Crippen molar-refractivity contribution >= 4 is 16.6 Å². The van der Waals surface area contributed by atoms with Crippen LogP contribution < -0.4 is 14.4 Å². The summed E-state index contributed by atoms with van der Waals surface area (Å²) in [5.74, 6) is 2.49. The number of rotatable bonds is 5. The fraction of sp³-hybridized carbons (Fsp3) is 0.500. The molecule has 0 radical (unpaired) electrons. The molecule has 1 aromatic carbocycles. The fourth-order valence-electron chi connectivity index (χ4n) is 4.81. The topological polar surface area (TPSA) is 61.6 Å². The predicted octanol–water partition coefficient (Wildman–Crippen LogP) is 4.37. The molecule has 0 bridgehead atoms. The van der Waals surface area contributed by atoms with Gasteiger partial charge >= 0.3 is 0 Å². The van der Waals surface area contributed by atoms with Gasteiger partial charge < -0.3 is 23.7 Å². The number of hydrogen-bond acceptors (Lipinski definition) is 6. The van der Waals surface area contributed by atoms with E-state index in [0.29, 0.717) is 6.61 Å². The molecule has 0 N–H and O–H groups in total. The molecule has 0 spiro atoms. The molecule has 2 aromatic heterocycles. The summed E-state index contributed by atoms with van der Waals surface area (Å²) in [6.07, 6.45) is 0.299. The first-order valence-corrected chi connectivity index (χ1v) is 10.9. The maximum Gasteiger partial charge on any atom is 0.161 e. The molecule has 1 fully saturated rings. The van der Waals surface area contributed by atoms with Crippen molar-refractivity contribution in [2.75, 3.05) is 31.7 Å². The van der Waals surface area contributed by atoms with Crippen molar-refractivity contribution in [3.63, 3.8) is 0 Å². The highest BCUT2D eigenvalue weighted by Crippen LogP contribution is 2.39. The van der Waals surface area contributed by atoms with Crippen molar-refractivity contribution < 1.29 is 14.2 Å². The first-order chi connectivity index (χ1) is 14.8. The van der Waals surface area contributed by atoms with Crippen molar-refractivity contribution in [1.29, 1.82) is 0 Å². The highest BCUT2D eigenvalue weighted by Gasteiger charge is 2.28. The van der Waals surface area contributed by atoms with Crippen LogP contribution in [0.2, 0.25) is 0 Å². The van der Waals surface area contributed by atoms with E-state index in [2.05, 4.69) is 53.4 Å². The molecule has 7 heteroatoms. The van der Waals surface area contributed by atoms with E-state index in [-0.39, 0.29) is 12.2 Å². The number of aryl methyl sites for hydroxylation is 3. The van der Waals surface area contributed by atoms with Gasteiger partial charge in [-0.05, 0) is 53.7 Å². The molecule has 3 aromatic rings. The molecule has 0 unspecified atom stereocenters. The second-order valence-corrected chi connectivity index (χ2v) is 8.29. The van der Waals surface area contributed by atoms with Gasteiger partial charge in [-0.25, -0.2) is 0 Å². The Morgan fingerprint density at radius 3 is 2.35 bits per heavy atom. The number of benzene rings is 1. The molecule has 1 saturated heterocycles. The Bertz CT molecular complexity index is 1100. The molecule has 0 amide bonds. The molecule has 0 aliphatic carbocycles. The third-order valence-corrected chi connectivity index (χ3v) is 5.95. The molecular formula is C24H32N4O3. The molecule has 1 aliphatic heterocycles. The Balaban J connectivity index is 1.92. The van der Waals surface area contributed by atoms with Crippen LogP contribution >= 0.6 is 0 Å². The van der Waals surface area contributed by atoms with Crippen LogP contribution in [-0.4, -0.2) is 53.8 Å². The third-order valence-electron chi connectivity index (χ3n) is 5.95. The average molecular weight is 425 g/mol. The van der Waals surface area contributed by atoms with Crippen LogP contribution in [0.15, 0.2) is 18.2 Å². The highest BCUT2D eigenvalue weighted by molar-refractivity contribution is 5.99. The Kier molecular flexibility index (Phi) is 5.79. The van der Waals surface area contributed by atoms with E-state index in [9.17, 15) is 0 Å². The minimum Gasteiger partial charge on any atom is -0.494 e. The first-order valence-electron chi connectivity index (χ1n) is 10.9. The van der Waals surface area contributed by atoms with Crippen LogP contribution in [-0.2, 0) is 4.74 Å². The lowest BCUT2D eigenvalue weighted by Gasteiger charge is -2.36. The Morgan fingerprint density at radius 2 is 1.71 bits per heavy atom. The fourth-order valence-corrected chi connectivity index (χ4v) is 4.81. The van der Waals surface area contributed by atoms with Gasteiger partial charge in [-0.1, -0.05) is 0 Å². The zero-order valence-electron chi connectivity index (χ0n) is 19.5. The lowest BCUT2D eigenvalue weighted by molar-refractivity contribution is -0.00541. The SMILES string of the molecule is CCOc1ccc(-n2c(C)c3c(C)nnc(N4C[C@@H](C)O[C@@H](C)C4)c3c2C)c(OC)c1. The van der Waals surface area contributed by atoms with E-state index in [1.165, 1.54) is 0 Å². The molecule has 1 aliphatic rings. The zero-order valence-corrected chi connectivity index (χ0v) is 19.5. The maximum absolute atomic E-state index is 5.94. The smallest absolute Gasteiger partial charge is 0.161 e. The van der Waals surface area contributed by atoms with E-state index < -0.39 is 0 Å². The number of aromatic nitrogens is 3. The number of hydrogen-bond donors (Lipinski definition) is 0. The molecular weight excluding hydrogens is 392 g/mol. The second kappa shape index (κ2) is 8.38. The normalized spacial score (nSPS) is 19.1. The van der Waals surface area contributed by atoms with Crippen LogP contribution in [0, 0.1) is 20.8 Å². The van der Waals surface area contributed by atoms with Crippen LogP contribution in [0.25, 0.3) is 16.5 Å². The van der Waals surface area contributed by atoms with Crippen LogP contribution in [0.4, 0.5) is 5.82 Å². The molecule has 2 atom stereocenters. The van der Waals surface area contributed by atoms with Gasteiger partial charge in [0.25, 0.3) is 0 Å². The van der Waals surface area contributed by atoms with Crippen molar-refractivity contribution in [1.82, 2.24) is 14.8 Å². The van der Waals surface area contributed by atoms with Crippen molar-refractivity contribution in [3.8, 4) is 17.2 Å². The number of fused-ring (bicyclic) bond motifs is 1. The zero-order chi connectivity index (χ0) is 22.3. The summed E-state index contributed by atoms with van der Waals surface area (Å²) in [5.41, 5.74) is 4.15. The van der Waals surface area contributed by atoms with Crippen LogP contribution in [0.5, 0.6) is 11.5 Å². The van der Waals surface area contributed by atoms with Gasteiger partial charge in [-0.3, -0.25) is 0 Å². The van der Waals surface area contributed by atoms with Crippen molar-refractivity contribution in [3.05, 3.63) is 35.3 Å². The number of ether oxygens (including phenoxy) is 3. The largest absolute Gasteiger partial charge is 0.494 e. The molecule has 7 nitrogen and oxygen atoms in total. The summed E-state index contributed by atoms with van der Waals surface area (Å²) >= 11 is 0. The van der Waals surface area contributed by atoms with Gasteiger partial charge in [0.05, 0.1) is 37.3 Å². The number of methoxy groups -OCH3 is 1. The van der Waals surface area contributed by atoms with Crippen LogP contribution in [0.3, 0.4) is 0 Å². The van der Waals surface area contributed by atoms with Gasteiger partial charge in [0.15, 0.2) is 5.82 Å².